The molecule has 98 heavy (non-hydrogen) atoms. The fourth-order valence-corrected chi connectivity index (χ4v) is 13.7. The summed E-state index contributed by atoms with van der Waals surface area (Å²) in [5.41, 5.74) is 0. The van der Waals surface area contributed by atoms with Crippen LogP contribution >= 0.6 is 15.6 Å². The van der Waals surface area contributed by atoms with E-state index in [2.05, 4.69) is 48.5 Å². The van der Waals surface area contributed by atoms with Gasteiger partial charge in [-0.25, -0.2) is 9.13 Å². The van der Waals surface area contributed by atoms with Crippen LogP contribution in [0, 0.1) is 17.8 Å². The molecule has 0 spiro atoms. The van der Waals surface area contributed by atoms with Crippen LogP contribution < -0.4 is 0 Å². The first-order valence-electron chi connectivity index (χ1n) is 40.8. The first-order chi connectivity index (χ1) is 47.2. The standard InChI is InChI=1S/C79H154O17P2/c1-8-9-10-43-53-60-76(81)89-66-74(95-78(83)62-56-49-42-36-30-24-18-21-27-33-39-46-52-59-72(6)7)68-93-97(85,86)91-64-73(80)65-92-98(87,88)94-69-75(67-90-77(82)61-54-47-40-34-28-22-17-13-15-20-26-32-38-45-51-58-71(4)5)96-79(84)63-55-48-41-35-29-23-16-12-11-14-19-25-31-37-44-50-57-70(2)3/h70-75,80H,8-69H2,1-7H3,(H,85,86)(H,87,88)/t73-,74+,75+/m0/s1. The number of rotatable bonds is 77. The zero-order valence-corrected chi connectivity index (χ0v) is 66.0. The molecule has 0 bridgehead atoms. The van der Waals surface area contributed by atoms with Crippen molar-refractivity contribution in [3.8, 4) is 0 Å². The predicted molar refractivity (Wildman–Crippen MR) is 400 cm³/mol. The molecule has 582 valence electrons. The highest BCUT2D eigenvalue weighted by atomic mass is 31.2. The molecule has 2 unspecified atom stereocenters. The highest BCUT2D eigenvalue weighted by Crippen LogP contribution is 2.45. The number of aliphatic hydroxyl groups is 1. The number of unbranched alkanes of at least 4 members (excludes halogenated alkanes) is 45. The van der Waals surface area contributed by atoms with Gasteiger partial charge in [0.1, 0.15) is 19.3 Å². The predicted octanol–water partition coefficient (Wildman–Crippen LogP) is 23.4. The zero-order chi connectivity index (χ0) is 72.3. The lowest BCUT2D eigenvalue weighted by molar-refractivity contribution is -0.161. The fourth-order valence-electron chi connectivity index (χ4n) is 12.1. The molecule has 0 aromatic heterocycles. The van der Waals surface area contributed by atoms with Crippen LogP contribution in [0.5, 0.6) is 0 Å². The molecule has 0 radical (unpaired) electrons. The normalized spacial score (nSPS) is 14.0. The number of phosphoric ester groups is 2. The van der Waals surface area contributed by atoms with E-state index in [4.69, 9.17) is 37.0 Å². The Morgan fingerprint density at radius 3 is 0.694 bits per heavy atom. The van der Waals surface area contributed by atoms with Crippen LogP contribution in [-0.4, -0.2) is 96.7 Å². The first kappa shape index (κ1) is 96.1. The Morgan fingerprint density at radius 2 is 0.469 bits per heavy atom. The van der Waals surface area contributed by atoms with E-state index in [0.717, 1.165) is 114 Å². The van der Waals surface area contributed by atoms with Crippen LogP contribution in [0.3, 0.4) is 0 Å². The van der Waals surface area contributed by atoms with Crippen molar-refractivity contribution in [2.24, 2.45) is 17.8 Å². The summed E-state index contributed by atoms with van der Waals surface area (Å²) in [4.78, 5) is 72.7. The van der Waals surface area contributed by atoms with Gasteiger partial charge in [0, 0.05) is 25.7 Å². The highest BCUT2D eigenvalue weighted by Gasteiger charge is 2.30. The molecule has 0 saturated carbocycles. The average molecular weight is 1440 g/mol. The van der Waals surface area contributed by atoms with Gasteiger partial charge in [0.15, 0.2) is 12.2 Å². The van der Waals surface area contributed by atoms with Gasteiger partial charge in [-0.15, -0.1) is 0 Å². The molecule has 0 aromatic rings. The summed E-state index contributed by atoms with van der Waals surface area (Å²) in [7, 11) is -9.91. The molecule has 3 N–H and O–H groups in total. The van der Waals surface area contributed by atoms with Crippen LogP contribution in [0.4, 0.5) is 0 Å². The van der Waals surface area contributed by atoms with Crippen molar-refractivity contribution in [3.05, 3.63) is 0 Å². The van der Waals surface area contributed by atoms with E-state index in [-0.39, 0.29) is 25.7 Å². The molecule has 5 atom stereocenters. The maximum absolute atomic E-state index is 13.1. The monoisotopic (exact) mass is 1440 g/mol. The van der Waals surface area contributed by atoms with Gasteiger partial charge in [-0.1, -0.05) is 357 Å². The maximum Gasteiger partial charge on any atom is 0.472 e. The number of carbonyl (C=O) groups excluding carboxylic acids is 4. The summed E-state index contributed by atoms with van der Waals surface area (Å²) in [6.07, 6.45) is 57.3. The zero-order valence-electron chi connectivity index (χ0n) is 64.3. The number of carbonyl (C=O) groups is 4. The summed E-state index contributed by atoms with van der Waals surface area (Å²) < 4.78 is 68.4. The van der Waals surface area contributed by atoms with Gasteiger partial charge < -0.3 is 33.8 Å². The minimum Gasteiger partial charge on any atom is -0.462 e. The lowest BCUT2D eigenvalue weighted by Gasteiger charge is -2.21. The molecular weight excluding hydrogens is 1280 g/mol. The van der Waals surface area contributed by atoms with Crippen molar-refractivity contribution in [1.82, 2.24) is 0 Å². The van der Waals surface area contributed by atoms with Gasteiger partial charge in [-0.2, -0.15) is 0 Å². The van der Waals surface area contributed by atoms with Crippen molar-refractivity contribution in [1.29, 1.82) is 0 Å². The topological polar surface area (TPSA) is 237 Å². The van der Waals surface area contributed by atoms with Crippen molar-refractivity contribution in [2.45, 2.75) is 426 Å². The van der Waals surface area contributed by atoms with Gasteiger partial charge in [0.2, 0.25) is 0 Å². The van der Waals surface area contributed by atoms with E-state index in [1.165, 1.54) is 212 Å². The van der Waals surface area contributed by atoms with Crippen molar-refractivity contribution in [3.63, 3.8) is 0 Å². The molecule has 0 aliphatic rings. The third-order valence-electron chi connectivity index (χ3n) is 18.4. The van der Waals surface area contributed by atoms with Crippen molar-refractivity contribution < 1.29 is 80.2 Å². The summed E-state index contributed by atoms with van der Waals surface area (Å²) >= 11 is 0. The third kappa shape index (κ3) is 72.4. The highest BCUT2D eigenvalue weighted by molar-refractivity contribution is 7.47. The summed E-state index contributed by atoms with van der Waals surface area (Å²) in [5, 5.41) is 10.6. The third-order valence-corrected chi connectivity index (χ3v) is 20.3. The van der Waals surface area contributed by atoms with Gasteiger partial charge in [0.25, 0.3) is 0 Å². The quantitative estimate of drug-likeness (QED) is 0.0222. The molecule has 0 amide bonds. The SMILES string of the molecule is CCCCCCCC(=O)OC[C@H](COP(=O)(O)OC[C@H](O)COP(=O)(O)OC[C@@H](COC(=O)CCCCCCCCCCCCCCCCCC(C)C)OC(=O)CCCCCCCCCCCCCCCCCCC(C)C)OC(=O)CCCCCCCCCCCCCCCC(C)C. The Morgan fingerprint density at radius 1 is 0.276 bits per heavy atom. The Kier molecular flexibility index (Phi) is 68.1. The van der Waals surface area contributed by atoms with Crippen LogP contribution in [0.25, 0.3) is 0 Å². The number of hydrogen-bond donors (Lipinski definition) is 3. The lowest BCUT2D eigenvalue weighted by Crippen LogP contribution is -2.30. The Balaban J connectivity index is 5.13. The Labute approximate surface area is 600 Å². The first-order valence-corrected chi connectivity index (χ1v) is 43.8. The average Bonchev–Trinajstić information content (AvgIpc) is 1.01. The minimum atomic E-state index is -4.96. The van der Waals surface area contributed by atoms with E-state index in [1.54, 1.807) is 0 Å². The van der Waals surface area contributed by atoms with E-state index < -0.39 is 97.5 Å². The molecule has 0 aromatic carbocycles. The van der Waals surface area contributed by atoms with Gasteiger partial charge in [0.05, 0.1) is 26.4 Å². The van der Waals surface area contributed by atoms with Crippen LogP contribution in [0.1, 0.15) is 408 Å². The number of phosphoric acid groups is 2. The Bertz CT molecular complexity index is 1900. The molecule has 0 heterocycles. The fraction of sp³-hybridized carbons (Fsp3) is 0.949. The van der Waals surface area contributed by atoms with Crippen LogP contribution in [0.2, 0.25) is 0 Å². The lowest BCUT2D eigenvalue weighted by atomic mass is 10.0. The molecule has 0 aliphatic heterocycles. The largest absolute Gasteiger partial charge is 0.472 e. The number of hydrogen-bond acceptors (Lipinski definition) is 15. The van der Waals surface area contributed by atoms with Gasteiger partial charge in [-0.05, 0) is 43.4 Å². The molecule has 17 nitrogen and oxygen atoms in total. The van der Waals surface area contributed by atoms with E-state index in [9.17, 15) is 43.2 Å². The van der Waals surface area contributed by atoms with Crippen LogP contribution in [-0.2, 0) is 65.4 Å². The van der Waals surface area contributed by atoms with Gasteiger partial charge >= 0.3 is 39.5 Å². The van der Waals surface area contributed by atoms with E-state index in [1.807, 2.05) is 0 Å². The van der Waals surface area contributed by atoms with Gasteiger partial charge in [-0.3, -0.25) is 37.3 Å². The second-order valence-electron chi connectivity index (χ2n) is 29.9. The van der Waals surface area contributed by atoms with E-state index >= 15 is 0 Å². The van der Waals surface area contributed by atoms with Crippen LogP contribution in [0.15, 0.2) is 0 Å². The molecule has 0 aliphatic carbocycles. The maximum atomic E-state index is 13.1. The summed E-state index contributed by atoms with van der Waals surface area (Å²) in [6.45, 7) is 11.9. The second-order valence-corrected chi connectivity index (χ2v) is 32.8. The minimum absolute atomic E-state index is 0.106. The van der Waals surface area contributed by atoms with Crippen molar-refractivity contribution in [2.75, 3.05) is 39.6 Å². The summed E-state index contributed by atoms with van der Waals surface area (Å²) in [5.74, 6) is 0.278. The number of esters is 4. The Hall–Kier alpha value is -1.94. The molecule has 0 fully saturated rings. The smallest absolute Gasteiger partial charge is 0.462 e. The molecule has 0 saturated heterocycles. The second kappa shape index (κ2) is 69.4. The summed E-state index contributed by atoms with van der Waals surface area (Å²) in [6, 6.07) is 0. The van der Waals surface area contributed by atoms with E-state index in [0.29, 0.717) is 25.7 Å². The molecule has 0 rings (SSSR count). The number of ether oxygens (including phenoxy) is 4. The van der Waals surface area contributed by atoms with Crippen molar-refractivity contribution >= 4 is 39.5 Å². The molecule has 19 heteroatoms. The molecular formula is C79H154O17P2. The number of aliphatic hydroxyl groups excluding tert-OH is 1.